The van der Waals surface area contributed by atoms with E-state index in [1.54, 1.807) is 0 Å². The first-order valence-electron chi connectivity index (χ1n) is 6.87. The molecule has 1 heterocycles. The summed E-state index contributed by atoms with van der Waals surface area (Å²) in [5.41, 5.74) is -0.780. The van der Waals surface area contributed by atoms with E-state index in [-0.39, 0.29) is 25.1 Å². The minimum absolute atomic E-state index is 0.0434. The predicted octanol–water partition coefficient (Wildman–Crippen LogP) is 2.69. The monoisotopic (exact) mass is 365 g/mol. The molecular weight excluding hydrogens is 353 g/mol. The second-order valence-corrected chi connectivity index (χ2v) is 4.84. The van der Waals surface area contributed by atoms with Crippen LogP contribution < -0.4 is 5.32 Å². The van der Waals surface area contributed by atoms with Crippen molar-refractivity contribution >= 4 is 5.91 Å². The third-order valence-corrected chi connectivity index (χ3v) is 3.08. The van der Waals surface area contributed by atoms with Crippen molar-refractivity contribution in [2.24, 2.45) is 0 Å². The smallest absolute Gasteiger partial charge is 0.384 e. The van der Waals surface area contributed by atoms with E-state index >= 15 is 0 Å². The van der Waals surface area contributed by atoms with Gasteiger partial charge in [0.15, 0.2) is 11.6 Å². The molecule has 1 amide bonds. The number of methoxy groups -OCH3 is 1. The molecule has 11 heteroatoms. The number of nitrogens with one attached hydrogen (secondary N) is 1. The number of benzene rings is 1. The van der Waals surface area contributed by atoms with E-state index in [0.29, 0.717) is 0 Å². The Kier molecular flexibility index (Phi) is 5.67. The Morgan fingerprint density at radius 1 is 1.28 bits per heavy atom. The van der Waals surface area contributed by atoms with Gasteiger partial charge in [0.1, 0.15) is 0 Å². The Morgan fingerprint density at radius 3 is 2.60 bits per heavy atom. The SMILES string of the molecule is COCCC(=O)NCc1ccc(-c2noc(C(F)(F)F)n2)c(F)c1F. The van der Waals surface area contributed by atoms with Gasteiger partial charge < -0.3 is 14.6 Å². The van der Waals surface area contributed by atoms with Crippen LogP contribution in [0.15, 0.2) is 16.7 Å². The Hall–Kier alpha value is -2.56. The Balaban J connectivity index is 2.17. The lowest BCUT2D eigenvalue weighted by atomic mass is 10.1. The second-order valence-electron chi connectivity index (χ2n) is 4.84. The van der Waals surface area contributed by atoms with Gasteiger partial charge in [-0.15, -0.1) is 0 Å². The van der Waals surface area contributed by atoms with Crippen LogP contribution in [0.1, 0.15) is 17.9 Å². The molecule has 1 aromatic carbocycles. The predicted molar refractivity (Wildman–Crippen MR) is 73.0 cm³/mol. The molecule has 0 fully saturated rings. The molecule has 0 aliphatic heterocycles. The Labute approximate surface area is 138 Å². The number of aromatic nitrogens is 2. The number of halogens is 5. The van der Waals surface area contributed by atoms with E-state index in [1.165, 1.54) is 7.11 Å². The van der Waals surface area contributed by atoms with Crippen molar-refractivity contribution < 1.29 is 36.0 Å². The number of hydrogen-bond acceptors (Lipinski definition) is 5. The van der Waals surface area contributed by atoms with Crippen molar-refractivity contribution in [3.05, 3.63) is 35.2 Å². The fourth-order valence-electron chi connectivity index (χ4n) is 1.82. The largest absolute Gasteiger partial charge is 0.471 e. The highest BCUT2D eigenvalue weighted by Gasteiger charge is 2.38. The van der Waals surface area contributed by atoms with E-state index in [1.807, 2.05) is 0 Å². The number of rotatable bonds is 6. The third-order valence-electron chi connectivity index (χ3n) is 3.08. The zero-order valence-electron chi connectivity index (χ0n) is 12.8. The Bertz CT molecular complexity index is 761. The van der Waals surface area contributed by atoms with Gasteiger partial charge in [0, 0.05) is 25.6 Å². The number of carbonyl (C=O) groups excluding carboxylic acids is 1. The topological polar surface area (TPSA) is 77.2 Å². The van der Waals surface area contributed by atoms with Crippen LogP contribution in [0, 0.1) is 11.6 Å². The number of alkyl halides is 3. The molecule has 6 nitrogen and oxygen atoms in total. The van der Waals surface area contributed by atoms with Gasteiger partial charge in [-0.05, 0) is 6.07 Å². The summed E-state index contributed by atoms with van der Waals surface area (Å²) in [6.07, 6.45) is -4.85. The standard InChI is InChI=1S/C14H12F5N3O3/c1-24-5-4-9(23)20-6-7-2-3-8(11(16)10(7)15)12-21-13(25-22-12)14(17,18)19/h2-3H,4-6H2,1H3,(H,20,23). The molecule has 0 saturated carbocycles. The van der Waals surface area contributed by atoms with Gasteiger partial charge in [-0.1, -0.05) is 11.2 Å². The van der Waals surface area contributed by atoms with Crippen LogP contribution in [0.3, 0.4) is 0 Å². The van der Waals surface area contributed by atoms with Crippen molar-refractivity contribution in [3.63, 3.8) is 0 Å². The molecule has 0 unspecified atom stereocenters. The van der Waals surface area contributed by atoms with Gasteiger partial charge in [-0.2, -0.15) is 18.2 Å². The molecule has 2 rings (SSSR count). The molecule has 0 saturated heterocycles. The minimum atomic E-state index is -4.90. The average Bonchev–Trinajstić information content (AvgIpc) is 3.04. The zero-order chi connectivity index (χ0) is 18.6. The van der Waals surface area contributed by atoms with Crippen LogP contribution >= 0.6 is 0 Å². The van der Waals surface area contributed by atoms with E-state index < -0.39 is 41.0 Å². The molecule has 0 aliphatic rings. The number of amides is 1. The lowest BCUT2D eigenvalue weighted by Gasteiger charge is -2.08. The number of carbonyl (C=O) groups is 1. The number of nitrogens with zero attached hydrogens (tertiary/aromatic N) is 2. The second kappa shape index (κ2) is 7.55. The summed E-state index contributed by atoms with van der Waals surface area (Å²) in [4.78, 5) is 14.4. The first kappa shape index (κ1) is 18.8. The molecule has 0 spiro atoms. The van der Waals surface area contributed by atoms with Gasteiger partial charge in [0.05, 0.1) is 12.2 Å². The summed E-state index contributed by atoms with van der Waals surface area (Å²) in [6, 6.07) is 2.11. The normalized spacial score (nSPS) is 11.6. The van der Waals surface area contributed by atoms with Crippen LogP contribution in [0.5, 0.6) is 0 Å². The average molecular weight is 365 g/mol. The van der Waals surface area contributed by atoms with Gasteiger partial charge >= 0.3 is 12.1 Å². The third kappa shape index (κ3) is 4.50. The fourth-order valence-corrected chi connectivity index (χ4v) is 1.82. The van der Waals surface area contributed by atoms with Crippen molar-refractivity contribution in [3.8, 4) is 11.4 Å². The maximum atomic E-state index is 14.1. The number of ether oxygens (including phenoxy) is 1. The zero-order valence-corrected chi connectivity index (χ0v) is 12.8. The molecule has 0 aliphatic carbocycles. The van der Waals surface area contributed by atoms with Crippen LogP contribution in [0.25, 0.3) is 11.4 Å². The highest BCUT2D eigenvalue weighted by Crippen LogP contribution is 2.30. The maximum absolute atomic E-state index is 14.1. The van der Waals surface area contributed by atoms with Crippen molar-refractivity contribution in [2.45, 2.75) is 19.1 Å². The molecule has 136 valence electrons. The first-order chi connectivity index (χ1) is 11.7. The number of hydrogen-bond donors (Lipinski definition) is 1. The summed E-state index contributed by atoms with van der Waals surface area (Å²) >= 11 is 0. The van der Waals surface area contributed by atoms with Crippen molar-refractivity contribution in [2.75, 3.05) is 13.7 Å². The van der Waals surface area contributed by atoms with Crippen LogP contribution in [0.4, 0.5) is 22.0 Å². The highest BCUT2D eigenvalue weighted by molar-refractivity contribution is 5.76. The molecule has 0 atom stereocenters. The van der Waals surface area contributed by atoms with Crippen molar-refractivity contribution in [1.29, 1.82) is 0 Å². The maximum Gasteiger partial charge on any atom is 0.471 e. The summed E-state index contributed by atoms with van der Waals surface area (Å²) in [7, 11) is 1.41. The summed E-state index contributed by atoms with van der Waals surface area (Å²) < 4.78 is 74.0. The van der Waals surface area contributed by atoms with E-state index in [2.05, 4.69) is 20.0 Å². The van der Waals surface area contributed by atoms with E-state index in [9.17, 15) is 26.7 Å². The molecule has 25 heavy (non-hydrogen) atoms. The first-order valence-corrected chi connectivity index (χ1v) is 6.87. The molecule has 0 radical (unpaired) electrons. The fraction of sp³-hybridized carbons (Fsp3) is 0.357. The lowest BCUT2D eigenvalue weighted by molar-refractivity contribution is -0.159. The molecule has 1 aromatic heterocycles. The van der Waals surface area contributed by atoms with Crippen LogP contribution in [-0.2, 0) is 22.3 Å². The van der Waals surface area contributed by atoms with Crippen molar-refractivity contribution in [1.82, 2.24) is 15.5 Å². The van der Waals surface area contributed by atoms with Crippen LogP contribution in [0.2, 0.25) is 0 Å². The molecule has 1 N–H and O–H groups in total. The molecule has 2 aromatic rings. The lowest BCUT2D eigenvalue weighted by Crippen LogP contribution is -2.24. The van der Waals surface area contributed by atoms with E-state index in [0.717, 1.165) is 12.1 Å². The van der Waals surface area contributed by atoms with Gasteiger partial charge in [-0.25, -0.2) is 8.78 Å². The summed E-state index contributed by atoms with van der Waals surface area (Å²) in [5, 5.41) is 5.36. The molecular formula is C14H12F5N3O3. The molecule has 0 bridgehead atoms. The Morgan fingerprint density at radius 2 is 2.00 bits per heavy atom. The van der Waals surface area contributed by atoms with Gasteiger partial charge in [0.25, 0.3) is 0 Å². The van der Waals surface area contributed by atoms with Gasteiger partial charge in [0.2, 0.25) is 11.7 Å². The van der Waals surface area contributed by atoms with E-state index in [4.69, 9.17) is 4.74 Å². The summed E-state index contributed by atoms with van der Waals surface area (Å²) in [5.74, 6) is -5.61. The summed E-state index contributed by atoms with van der Waals surface area (Å²) in [6.45, 7) is -0.132. The van der Waals surface area contributed by atoms with Crippen LogP contribution in [-0.4, -0.2) is 29.8 Å². The van der Waals surface area contributed by atoms with Gasteiger partial charge in [-0.3, -0.25) is 4.79 Å². The minimum Gasteiger partial charge on any atom is -0.384 e. The quantitative estimate of drug-likeness (QED) is 0.797. The highest BCUT2D eigenvalue weighted by atomic mass is 19.4.